The molecule has 0 fully saturated rings. The summed E-state index contributed by atoms with van der Waals surface area (Å²) in [7, 11) is 0. The Balaban J connectivity index is 2.31. The number of phenols is 3. The fourth-order valence-corrected chi connectivity index (χ4v) is 2.02. The van der Waals surface area contributed by atoms with Crippen LogP contribution < -0.4 is 0 Å². The van der Waals surface area contributed by atoms with Crippen LogP contribution in [0.5, 0.6) is 17.2 Å². The first-order valence-corrected chi connectivity index (χ1v) is 5.88. The number of carbonyl (C=O) groups is 1. The Bertz CT molecular complexity index is 614. The molecule has 0 aliphatic rings. The molecule has 19 heavy (non-hydrogen) atoms. The highest BCUT2D eigenvalue weighted by atomic mass is 35.5. The number of Topliss-reactive ketones (excluding diaryl/α,β-unsaturated/α-hetero) is 1. The van der Waals surface area contributed by atoms with Gasteiger partial charge in [0.15, 0.2) is 5.78 Å². The van der Waals surface area contributed by atoms with Crippen LogP contribution in [0.25, 0.3) is 0 Å². The fourth-order valence-electron chi connectivity index (χ4n) is 1.80. The molecule has 0 radical (unpaired) electrons. The summed E-state index contributed by atoms with van der Waals surface area (Å²) in [5.74, 6) is -1.68. The Morgan fingerprint density at radius 3 is 2.26 bits per heavy atom. The maximum atomic E-state index is 12.0. The van der Waals surface area contributed by atoms with Gasteiger partial charge in [-0.05, 0) is 17.7 Å². The number of ketones is 1. The van der Waals surface area contributed by atoms with Gasteiger partial charge in [-0.3, -0.25) is 4.79 Å². The highest BCUT2D eigenvalue weighted by Crippen LogP contribution is 2.32. The molecule has 0 saturated carbocycles. The monoisotopic (exact) mass is 278 g/mol. The third-order valence-corrected chi connectivity index (χ3v) is 2.85. The van der Waals surface area contributed by atoms with E-state index in [1.165, 1.54) is 0 Å². The van der Waals surface area contributed by atoms with E-state index in [4.69, 9.17) is 11.6 Å². The van der Waals surface area contributed by atoms with E-state index >= 15 is 0 Å². The molecule has 2 rings (SSSR count). The van der Waals surface area contributed by atoms with Crippen LogP contribution in [0, 0.1) is 0 Å². The lowest BCUT2D eigenvalue weighted by Gasteiger charge is -2.07. The summed E-state index contributed by atoms with van der Waals surface area (Å²) in [4.78, 5) is 12.0. The lowest BCUT2D eigenvalue weighted by molar-refractivity contribution is 0.0987. The van der Waals surface area contributed by atoms with Crippen molar-refractivity contribution in [3.05, 3.63) is 52.5 Å². The van der Waals surface area contributed by atoms with Gasteiger partial charge in [0.2, 0.25) is 0 Å². The lowest BCUT2D eigenvalue weighted by atomic mass is 10.0. The predicted molar refractivity (Wildman–Crippen MR) is 70.9 cm³/mol. The zero-order valence-electron chi connectivity index (χ0n) is 9.80. The summed E-state index contributed by atoms with van der Waals surface area (Å²) < 4.78 is 0. The largest absolute Gasteiger partial charge is 0.508 e. The molecule has 0 spiro atoms. The molecule has 0 unspecified atom stereocenters. The fraction of sp³-hybridized carbons (Fsp3) is 0.0714. The molecule has 2 aromatic rings. The molecule has 0 bridgehead atoms. The number of hydrogen-bond acceptors (Lipinski definition) is 4. The molecule has 98 valence electrons. The Hall–Kier alpha value is -2.20. The summed E-state index contributed by atoms with van der Waals surface area (Å²) in [5, 5.41) is 28.9. The van der Waals surface area contributed by atoms with Crippen LogP contribution in [0.1, 0.15) is 15.9 Å². The number of phenolic OH excluding ortho intramolecular Hbond substituents is 3. The molecule has 4 nitrogen and oxygen atoms in total. The van der Waals surface area contributed by atoms with Crippen molar-refractivity contribution in [3.63, 3.8) is 0 Å². The van der Waals surface area contributed by atoms with Gasteiger partial charge in [0.25, 0.3) is 0 Å². The van der Waals surface area contributed by atoms with Crippen LogP contribution in [0.3, 0.4) is 0 Å². The van der Waals surface area contributed by atoms with Crippen molar-refractivity contribution in [2.24, 2.45) is 0 Å². The van der Waals surface area contributed by atoms with E-state index in [0.717, 1.165) is 12.1 Å². The van der Waals surface area contributed by atoms with Gasteiger partial charge in [0, 0.05) is 23.6 Å². The Morgan fingerprint density at radius 1 is 1.05 bits per heavy atom. The van der Waals surface area contributed by atoms with Crippen LogP contribution in [-0.4, -0.2) is 21.1 Å². The van der Waals surface area contributed by atoms with Gasteiger partial charge in [-0.1, -0.05) is 23.7 Å². The van der Waals surface area contributed by atoms with Crippen LogP contribution in [0.4, 0.5) is 0 Å². The summed E-state index contributed by atoms with van der Waals surface area (Å²) >= 11 is 5.81. The van der Waals surface area contributed by atoms with Crippen molar-refractivity contribution in [3.8, 4) is 17.2 Å². The molecule has 0 aliphatic carbocycles. The van der Waals surface area contributed by atoms with Gasteiger partial charge in [-0.2, -0.15) is 0 Å². The van der Waals surface area contributed by atoms with Crippen molar-refractivity contribution in [2.75, 3.05) is 0 Å². The molecule has 0 heterocycles. The van der Waals surface area contributed by atoms with E-state index in [1.807, 2.05) is 0 Å². The lowest BCUT2D eigenvalue weighted by Crippen LogP contribution is -2.04. The third-order valence-electron chi connectivity index (χ3n) is 2.61. The van der Waals surface area contributed by atoms with Crippen LogP contribution in [0.2, 0.25) is 5.02 Å². The number of halogens is 1. The van der Waals surface area contributed by atoms with Crippen LogP contribution in [-0.2, 0) is 6.42 Å². The molecule has 0 aromatic heterocycles. The van der Waals surface area contributed by atoms with Crippen molar-refractivity contribution in [1.29, 1.82) is 0 Å². The summed E-state index contributed by atoms with van der Waals surface area (Å²) in [6, 6.07) is 8.76. The quantitative estimate of drug-likeness (QED) is 0.755. The van der Waals surface area contributed by atoms with Gasteiger partial charge >= 0.3 is 0 Å². The van der Waals surface area contributed by atoms with Gasteiger partial charge in [-0.25, -0.2) is 0 Å². The van der Waals surface area contributed by atoms with E-state index in [0.29, 0.717) is 10.6 Å². The average molecular weight is 279 g/mol. The summed E-state index contributed by atoms with van der Waals surface area (Å²) in [6.45, 7) is 0. The maximum absolute atomic E-state index is 12.0. The zero-order valence-corrected chi connectivity index (χ0v) is 10.6. The number of carbonyl (C=O) groups excluding carboxylic acids is 1. The Kier molecular flexibility index (Phi) is 3.62. The van der Waals surface area contributed by atoms with E-state index in [1.54, 1.807) is 24.3 Å². The van der Waals surface area contributed by atoms with Crippen molar-refractivity contribution in [2.45, 2.75) is 6.42 Å². The number of aromatic hydroxyl groups is 3. The third kappa shape index (κ3) is 2.98. The molecule has 0 amide bonds. The number of rotatable bonds is 3. The van der Waals surface area contributed by atoms with Crippen LogP contribution in [0.15, 0.2) is 36.4 Å². The molecular weight excluding hydrogens is 268 g/mol. The molecule has 0 aliphatic heterocycles. The SMILES string of the molecule is O=C(Cc1cccc(Cl)c1)c1c(O)cc(O)cc1O. The second-order valence-electron chi connectivity index (χ2n) is 4.09. The van der Waals surface area contributed by atoms with Gasteiger partial charge < -0.3 is 15.3 Å². The van der Waals surface area contributed by atoms with E-state index in [9.17, 15) is 20.1 Å². The average Bonchev–Trinajstić information content (AvgIpc) is 2.27. The maximum Gasteiger partial charge on any atom is 0.174 e. The molecule has 5 heteroatoms. The Labute approximate surface area is 114 Å². The van der Waals surface area contributed by atoms with Crippen molar-refractivity contribution >= 4 is 17.4 Å². The normalized spacial score (nSPS) is 10.4. The minimum absolute atomic E-state index is 0.00748. The second-order valence-corrected chi connectivity index (χ2v) is 4.53. The standard InChI is InChI=1S/C14H11ClO4/c15-9-3-1-2-8(4-9)5-11(17)14-12(18)6-10(16)7-13(14)19/h1-4,6-7,16,18-19H,5H2. The molecule has 3 N–H and O–H groups in total. The first kappa shape index (κ1) is 13.2. The molecule has 0 atom stereocenters. The van der Waals surface area contributed by atoms with Gasteiger partial charge in [0.05, 0.1) is 0 Å². The van der Waals surface area contributed by atoms with Gasteiger partial charge in [0.1, 0.15) is 22.8 Å². The Morgan fingerprint density at radius 2 is 1.68 bits per heavy atom. The van der Waals surface area contributed by atoms with E-state index in [-0.39, 0.29) is 17.7 Å². The first-order chi connectivity index (χ1) is 8.97. The number of benzene rings is 2. The van der Waals surface area contributed by atoms with E-state index in [2.05, 4.69) is 0 Å². The smallest absolute Gasteiger partial charge is 0.174 e. The van der Waals surface area contributed by atoms with Crippen molar-refractivity contribution < 1.29 is 20.1 Å². The molecular formula is C14H11ClO4. The van der Waals surface area contributed by atoms with E-state index < -0.39 is 17.3 Å². The zero-order chi connectivity index (χ0) is 14.0. The first-order valence-electron chi connectivity index (χ1n) is 5.50. The topological polar surface area (TPSA) is 77.8 Å². The number of hydrogen-bond donors (Lipinski definition) is 3. The van der Waals surface area contributed by atoms with Crippen LogP contribution >= 0.6 is 11.6 Å². The van der Waals surface area contributed by atoms with Crippen molar-refractivity contribution in [1.82, 2.24) is 0 Å². The predicted octanol–water partition coefficient (Wildman–Crippen LogP) is 2.88. The summed E-state index contributed by atoms with van der Waals surface area (Å²) in [5.41, 5.74) is 0.460. The highest BCUT2D eigenvalue weighted by molar-refractivity contribution is 6.30. The summed E-state index contributed by atoms with van der Waals surface area (Å²) in [6.07, 6.45) is -0.00748. The minimum Gasteiger partial charge on any atom is -0.508 e. The minimum atomic E-state index is -0.461. The highest BCUT2D eigenvalue weighted by Gasteiger charge is 2.18. The molecule has 0 saturated heterocycles. The second kappa shape index (κ2) is 5.20. The van der Waals surface area contributed by atoms with Gasteiger partial charge in [-0.15, -0.1) is 0 Å². The molecule has 2 aromatic carbocycles.